The lowest BCUT2D eigenvalue weighted by molar-refractivity contribution is -0.117. The minimum Gasteiger partial charge on any atom is -0.398 e. The van der Waals surface area contributed by atoms with Gasteiger partial charge in [0, 0.05) is 10.6 Å². The highest BCUT2D eigenvalue weighted by Crippen LogP contribution is 2.22. The topological polar surface area (TPSA) is 86.2 Å². The van der Waals surface area contributed by atoms with E-state index >= 15 is 0 Å². The highest BCUT2D eigenvalue weighted by Gasteiger charge is 2.23. The number of hydrogen-bond acceptors (Lipinski definition) is 3. The van der Waals surface area contributed by atoms with Crippen molar-refractivity contribution in [2.45, 2.75) is 30.4 Å². The lowest BCUT2D eigenvalue weighted by Crippen LogP contribution is -2.32. The number of nitrogen functional groups attached to an aromatic ring is 1. The van der Waals surface area contributed by atoms with E-state index in [0.29, 0.717) is 17.0 Å². The summed E-state index contributed by atoms with van der Waals surface area (Å²) in [6, 6.07) is 5.18. The van der Waals surface area contributed by atoms with E-state index in [-0.39, 0.29) is 0 Å². The molecule has 1 aromatic carbocycles. The van der Waals surface area contributed by atoms with E-state index < -0.39 is 22.0 Å². The van der Waals surface area contributed by atoms with Crippen molar-refractivity contribution in [3.8, 4) is 0 Å². The van der Waals surface area contributed by atoms with Crippen LogP contribution in [0.25, 0.3) is 0 Å². The Bertz CT molecular complexity index is 432. The van der Waals surface area contributed by atoms with Gasteiger partial charge < -0.3 is 11.5 Å². The molecule has 0 heterocycles. The van der Waals surface area contributed by atoms with Gasteiger partial charge in [-0.3, -0.25) is 9.00 Å². The van der Waals surface area contributed by atoms with E-state index in [1.54, 1.807) is 32.0 Å². The monoisotopic (exact) mass is 240 g/mol. The average molecular weight is 240 g/mol. The zero-order valence-corrected chi connectivity index (χ0v) is 10.2. The summed E-state index contributed by atoms with van der Waals surface area (Å²) in [6.07, 6.45) is 0.455. The van der Waals surface area contributed by atoms with Crippen LogP contribution < -0.4 is 11.5 Å². The van der Waals surface area contributed by atoms with Gasteiger partial charge in [0.05, 0.1) is 10.8 Å². The van der Waals surface area contributed by atoms with Crippen LogP contribution in [-0.2, 0) is 15.6 Å². The third-order valence-corrected chi connectivity index (χ3v) is 4.45. The Kier molecular flexibility index (Phi) is 4.06. The maximum absolute atomic E-state index is 12.1. The molecule has 4 nitrogen and oxygen atoms in total. The number of rotatable bonds is 4. The maximum Gasteiger partial charge on any atom is 0.233 e. The molecule has 0 saturated carbocycles. The second-order valence-electron chi connectivity index (χ2n) is 3.57. The fraction of sp³-hybridized carbons (Fsp3) is 0.364. The van der Waals surface area contributed by atoms with Crippen molar-refractivity contribution < 1.29 is 9.00 Å². The molecule has 0 fully saturated rings. The van der Waals surface area contributed by atoms with Crippen molar-refractivity contribution in [2.24, 2.45) is 5.73 Å². The molecular formula is C11H16N2O2S. The summed E-state index contributed by atoms with van der Waals surface area (Å²) >= 11 is 0. The summed E-state index contributed by atoms with van der Waals surface area (Å²) in [7, 11) is -1.43. The first kappa shape index (κ1) is 12.7. The van der Waals surface area contributed by atoms with Crippen LogP contribution in [0.2, 0.25) is 0 Å². The fourth-order valence-electron chi connectivity index (χ4n) is 1.46. The molecule has 0 aliphatic rings. The highest BCUT2D eigenvalue weighted by atomic mass is 32.2. The summed E-state index contributed by atoms with van der Waals surface area (Å²) < 4.78 is 12.1. The van der Waals surface area contributed by atoms with Crippen LogP contribution in [0.5, 0.6) is 0 Å². The molecule has 88 valence electrons. The summed E-state index contributed by atoms with van der Waals surface area (Å²) in [4.78, 5) is 11.7. The standard InChI is InChI=1S/C11H16N2O2S/c1-3-9(11(13)14)16(15)10-6-4-5-8(12)7(10)2/h4-6,9H,3,12H2,1-2H3,(H2,13,14). The first-order valence-electron chi connectivity index (χ1n) is 5.04. The molecule has 2 atom stereocenters. The van der Waals surface area contributed by atoms with Gasteiger partial charge in [-0.2, -0.15) is 0 Å². The second-order valence-corrected chi connectivity index (χ2v) is 5.17. The zero-order valence-electron chi connectivity index (χ0n) is 9.40. The van der Waals surface area contributed by atoms with E-state index in [0.717, 1.165) is 5.56 Å². The van der Waals surface area contributed by atoms with Gasteiger partial charge >= 0.3 is 0 Å². The molecular weight excluding hydrogens is 224 g/mol. The van der Waals surface area contributed by atoms with E-state index in [9.17, 15) is 9.00 Å². The molecule has 0 radical (unpaired) electrons. The van der Waals surface area contributed by atoms with Gasteiger partial charge in [-0.15, -0.1) is 0 Å². The third kappa shape index (κ3) is 2.41. The Balaban J connectivity index is 3.14. The zero-order chi connectivity index (χ0) is 12.3. The number of carbonyl (C=O) groups excluding carboxylic acids is 1. The number of benzene rings is 1. The smallest absolute Gasteiger partial charge is 0.233 e. The largest absolute Gasteiger partial charge is 0.398 e. The van der Waals surface area contributed by atoms with Crippen molar-refractivity contribution >= 4 is 22.4 Å². The Morgan fingerprint density at radius 1 is 1.50 bits per heavy atom. The van der Waals surface area contributed by atoms with Crippen molar-refractivity contribution in [3.63, 3.8) is 0 Å². The molecule has 16 heavy (non-hydrogen) atoms. The molecule has 0 aliphatic carbocycles. The van der Waals surface area contributed by atoms with Gasteiger partial charge in [-0.25, -0.2) is 0 Å². The molecule has 0 saturated heterocycles. The van der Waals surface area contributed by atoms with Gasteiger partial charge in [0.25, 0.3) is 0 Å². The van der Waals surface area contributed by atoms with E-state index in [1.807, 2.05) is 0 Å². The number of hydrogen-bond donors (Lipinski definition) is 2. The Morgan fingerprint density at radius 3 is 2.62 bits per heavy atom. The Hall–Kier alpha value is -1.36. The van der Waals surface area contributed by atoms with Gasteiger partial charge in [-0.05, 0) is 31.0 Å². The van der Waals surface area contributed by atoms with Crippen LogP contribution >= 0.6 is 0 Å². The van der Waals surface area contributed by atoms with E-state index in [1.165, 1.54) is 0 Å². The van der Waals surface area contributed by atoms with E-state index in [2.05, 4.69) is 0 Å². The van der Waals surface area contributed by atoms with Crippen LogP contribution in [0.4, 0.5) is 5.69 Å². The molecule has 0 bridgehead atoms. The minimum atomic E-state index is -1.43. The lowest BCUT2D eigenvalue weighted by atomic mass is 10.2. The van der Waals surface area contributed by atoms with Crippen LogP contribution in [0.15, 0.2) is 23.1 Å². The number of anilines is 1. The molecule has 1 rings (SSSR count). The number of carbonyl (C=O) groups is 1. The molecule has 5 heteroatoms. The number of nitrogens with two attached hydrogens (primary N) is 2. The summed E-state index contributed by atoms with van der Waals surface area (Å²) in [6.45, 7) is 3.57. The molecule has 0 aromatic heterocycles. The first-order valence-corrected chi connectivity index (χ1v) is 6.25. The molecule has 0 spiro atoms. The van der Waals surface area contributed by atoms with Gasteiger partial charge in [-0.1, -0.05) is 13.0 Å². The quantitative estimate of drug-likeness (QED) is 0.768. The predicted octanol–water partition coefficient (Wildman–Crippen LogP) is 0.949. The number of primary amides is 1. The first-order chi connectivity index (χ1) is 7.49. The molecule has 4 N–H and O–H groups in total. The summed E-state index contributed by atoms with van der Waals surface area (Å²) in [5.74, 6) is -0.539. The molecule has 1 aromatic rings. The van der Waals surface area contributed by atoms with Gasteiger partial charge in [0.15, 0.2) is 0 Å². The molecule has 1 amide bonds. The SMILES string of the molecule is CCC(C(N)=O)S(=O)c1cccc(N)c1C. The van der Waals surface area contributed by atoms with Crippen LogP contribution in [0.3, 0.4) is 0 Å². The summed E-state index contributed by atoms with van der Waals surface area (Å²) in [5, 5.41) is -0.652. The number of amides is 1. The molecule has 0 aliphatic heterocycles. The summed E-state index contributed by atoms with van der Waals surface area (Å²) in [5.41, 5.74) is 12.3. The second kappa shape index (κ2) is 5.12. The van der Waals surface area contributed by atoms with Crippen LogP contribution in [0, 0.1) is 6.92 Å². The van der Waals surface area contributed by atoms with Crippen molar-refractivity contribution in [2.75, 3.05) is 5.73 Å². The third-order valence-electron chi connectivity index (χ3n) is 2.49. The predicted molar refractivity (Wildman–Crippen MR) is 65.3 cm³/mol. The Morgan fingerprint density at radius 2 is 2.12 bits per heavy atom. The fourth-order valence-corrected chi connectivity index (χ4v) is 2.91. The van der Waals surface area contributed by atoms with Crippen LogP contribution in [0.1, 0.15) is 18.9 Å². The van der Waals surface area contributed by atoms with Gasteiger partial charge in [0.2, 0.25) is 5.91 Å². The average Bonchev–Trinajstić information content (AvgIpc) is 2.22. The van der Waals surface area contributed by atoms with Crippen molar-refractivity contribution in [1.82, 2.24) is 0 Å². The normalized spacial score (nSPS) is 14.4. The highest BCUT2D eigenvalue weighted by molar-refractivity contribution is 7.86. The minimum absolute atomic E-state index is 0.455. The van der Waals surface area contributed by atoms with Gasteiger partial charge in [0.1, 0.15) is 5.25 Å². The maximum atomic E-state index is 12.1. The van der Waals surface area contributed by atoms with Crippen molar-refractivity contribution in [3.05, 3.63) is 23.8 Å². The van der Waals surface area contributed by atoms with Crippen LogP contribution in [-0.4, -0.2) is 15.4 Å². The lowest BCUT2D eigenvalue weighted by Gasteiger charge is -2.13. The van der Waals surface area contributed by atoms with E-state index in [4.69, 9.17) is 11.5 Å². The molecule has 2 unspecified atom stereocenters. The van der Waals surface area contributed by atoms with Crippen molar-refractivity contribution in [1.29, 1.82) is 0 Å². The Labute approximate surface area is 97.5 Å².